The van der Waals surface area contributed by atoms with Gasteiger partial charge in [0.15, 0.2) is 0 Å². The molecule has 3 aromatic rings. The van der Waals surface area contributed by atoms with E-state index in [4.69, 9.17) is 11.6 Å². The predicted molar refractivity (Wildman–Crippen MR) is 111 cm³/mol. The van der Waals surface area contributed by atoms with E-state index in [0.717, 1.165) is 20.6 Å². The fourth-order valence-electron chi connectivity index (χ4n) is 2.21. The number of nitrogens with one attached hydrogen (secondary N) is 2. The molecule has 25 heavy (non-hydrogen) atoms. The van der Waals surface area contributed by atoms with Gasteiger partial charge in [-0.2, -0.15) is 4.98 Å². The zero-order valence-corrected chi connectivity index (χ0v) is 16.7. The highest BCUT2D eigenvalue weighted by molar-refractivity contribution is 14.1. The van der Waals surface area contributed by atoms with Crippen LogP contribution in [0.15, 0.2) is 48.7 Å². The second kappa shape index (κ2) is 7.97. The highest BCUT2D eigenvalue weighted by atomic mass is 127. The summed E-state index contributed by atoms with van der Waals surface area (Å²) in [5.74, 6) is 1.20. The quantitative estimate of drug-likeness (QED) is 0.497. The largest absolute Gasteiger partial charge is 0.352 e. The zero-order chi connectivity index (χ0) is 17.8. The molecule has 128 valence electrons. The first-order valence-corrected chi connectivity index (χ1v) is 9.26. The summed E-state index contributed by atoms with van der Waals surface area (Å²) in [6.07, 6.45) is 1.75. The predicted octanol–water partition coefficient (Wildman–Crippen LogP) is 5.36. The molecule has 0 unspecified atom stereocenters. The van der Waals surface area contributed by atoms with Crippen LogP contribution < -0.4 is 10.6 Å². The summed E-state index contributed by atoms with van der Waals surface area (Å²) >= 11 is 8.55. The number of rotatable bonds is 5. The Morgan fingerprint density at radius 2 is 1.88 bits per heavy atom. The Morgan fingerprint density at radius 1 is 1.04 bits per heavy atom. The SMILES string of the molecule is CC(C)Nc1nc(Nc2ccc(I)cc2Cl)cc(-c2ccccn2)n1. The van der Waals surface area contributed by atoms with Gasteiger partial charge in [-0.15, -0.1) is 0 Å². The average molecular weight is 466 g/mol. The van der Waals surface area contributed by atoms with E-state index in [-0.39, 0.29) is 6.04 Å². The van der Waals surface area contributed by atoms with E-state index in [9.17, 15) is 0 Å². The van der Waals surface area contributed by atoms with Gasteiger partial charge in [-0.1, -0.05) is 17.7 Å². The molecule has 0 atom stereocenters. The number of pyridine rings is 1. The standard InChI is InChI=1S/C18H17ClIN5/c1-11(2)22-18-24-16(15-5-3-4-8-21-15)10-17(25-18)23-14-7-6-12(20)9-13(14)19/h3-11H,1-2H3,(H2,22,23,24,25). The van der Waals surface area contributed by atoms with Gasteiger partial charge in [0.1, 0.15) is 5.82 Å². The van der Waals surface area contributed by atoms with E-state index >= 15 is 0 Å². The molecule has 0 aliphatic carbocycles. The molecule has 0 aliphatic rings. The maximum Gasteiger partial charge on any atom is 0.225 e. The molecule has 2 aromatic heterocycles. The van der Waals surface area contributed by atoms with Gasteiger partial charge in [0.2, 0.25) is 5.95 Å². The Kier molecular flexibility index (Phi) is 5.70. The molecular weight excluding hydrogens is 449 g/mol. The smallest absolute Gasteiger partial charge is 0.225 e. The van der Waals surface area contributed by atoms with Crippen LogP contribution in [0.5, 0.6) is 0 Å². The van der Waals surface area contributed by atoms with Gasteiger partial charge in [-0.25, -0.2) is 4.98 Å². The normalized spacial score (nSPS) is 10.8. The average Bonchev–Trinajstić information content (AvgIpc) is 2.57. The second-order valence-electron chi connectivity index (χ2n) is 5.73. The van der Waals surface area contributed by atoms with Crippen LogP contribution in [0, 0.1) is 3.57 Å². The van der Waals surface area contributed by atoms with E-state index in [1.165, 1.54) is 0 Å². The minimum atomic E-state index is 0.216. The van der Waals surface area contributed by atoms with E-state index in [1.807, 2.05) is 56.3 Å². The Bertz CT molecular complexity index is 871. The van der Waals surface area contributed by atoms with Crippen LogP contribution in [0.2, 0.25) is 5.02 Å². The van der Waals surface area contributed by atoms with Crippen molar-refractivity contribution in [1.82, 2.24) is 15.0 Å². The molecule has 5 nitrogen and oxygen atoms in total. The monoisotopic (exact) mass is 465 g/mol. The Labute approximate surface area is 165 Å². The number of hydrogen-bond acceptors (Lipinski definition) is 5. The first kappa shape index (κ1) is 17.9. The van der Waals surface area contributed by atoms with Crippen molar-refractivity contribution in [3.8, 4) is 11.4 Å². The summed E-state index contributed by atoms with van der Waals surface area (Å²) in [4.78, 5) is 13.5. The fraction of sp³-hybridized carbons (Fsp3) is 0.167. The van der Waals surface area contributed by atoms with E-state index in [2.05, 4.69) is 48.2 Å². The molecule has 0 saturated heterocycles. The van der Waals surface area contributed by atoms with Gasteiger partial charge in [0, 0.05) is 21.9 Å². The van der Waals surface area contributed by atoms with Crippen LogP contribution >= 0.6 is 34.2 Å². The van der Waals surface area contributed by atoms with Crippen LogP contribution in [0.4, 0.5) is 17.5 Å². The Hall–Kier alpha value is -1.93. The number of hydrogen-bond donors (Lipinski definition) is 2. The summed E-state index contributed by atoms with van der Waals surface area (Å²) in [7, 11) is 0. The van der Waals surface area contributed by atoms with Gasteiger partial charge in [-0.3, -0.25) is 4.98 Å². The molecule has 0 radical (unpaired) electrons. The zero-order valence-electron chi connectivity index (χ0n) is 13.8. The number of anilines is 3. The van der Waals surface area contributed by atoms with Crippen molar-refractivity contribution >= 4 is 51.6 Å². The van der Waals surface area contributed by atoms with Crippen LogP contribution in [0.3, 0.4) is 0 Å². The highest BCUT2D eigenvalue weighted by Gasteiger charge is 2.10. The van der Waals surface area contributed by atoms with Crippen molar-refractivity contribution in [3.63, 3.8) is 0 Å². The first-order chi connectivity index (χ1) is 12.0. The molecule has 0 saturated carbocycles. The molecule has 0 aliphatic heterocycles. The van der Waals surface area contributed by atoms with Gasteiger partial charge in [-0.05, 0) is 66.8 Å². The van der Waals surface area contributed by atoms with Crippen molar-refractivity contribution in [1.29, 1.82) is 0 Å². The Morgan fingerprint density at radius 3 is 2.56 bits per heavy atom. The van der Waals surface area contributed by atoms with Crippen LogP contribution in [-0.2, 0) is 0 Å². The van der Waals surface area contributed by atoms with E-state index < -0.39 is 0 Å². The van der Waals surface area contributed by atoms with Crippen molar-refractivity contribution in [3.05, 3.63) is 57.3 Å². The third kappa shape index (κ3) is 4.79. The topological polar surface area (TPSA) is 62.7 Å². The van der Waals surface area contributed by atoms with Crippen LogP contribution in [-0.4, -0.2) is 21.0 Å². The third-order valence-corrected chi connectivity index (χ3v) is 4.25. The van der Waals surface area contributed by atoms with E-state index in [1.54, 1.807) is 6.20 Å². The summed E-state index contributed by atoms with van der Waals surface area (Å²) in [6.45, 7) is 4.08. The van der Waals surface area contributed by atoms with Gasteiger partial charge in [0.05, 0.1) is 22.1 Å². The van der Waals surface area contributed by atoms with Crippen LogP contribution in [0.25, 0.3) is 11.4 Å². The minimum Gasteiger partial charge on any atom is -0.352 e. The summed E-state index contributed by atoms with van der Waals surface area (Å²) in [6, 6.07) is 13.6. The lowest BCUT2D eigenvalue weighted by Gasteiger charge is -2.13. The van der Waals surface area contributed by atoms with Crippen molar-refractivity contribution in [2.75, 3.05) is 10.6 Å². The maximum absolute atomic E-state index is 6.32. The molecule has 0 bridgehead atoms. The number of benzene rings is 1. The summed E-state index contributed by atoms with van der Waals surface area (Å²) in [5.41, 5.74) is 2.32. The third-order valence-electron chi connectivity index (χ3n) is 3.27. The van der Waals surface area contributed by atoms with Crippen molar-refractivity contribution in [2.45, 2.75) is 19.9 Å². The summed E-state index contributed by atoms with van der Waals surface area (Å²) in [5, 5.41) is 7.15. The molecular formula is C18H17ClIN5. The molecule has 0 amide bonds. The van der Waals surface area contributed by atoms with Gasteiger partial charge >= 0.3 is 0 Å². The molecule has 2 heterocycles. The fourth-order valence-corrected chi connectivity index (χ4v) is 3.11. The van der Waals surface area contributed by atoms with Gasteiger partial charge < -0.3 is 10.6 Å². The van der Waals surface area contributed by atoms with Crippen molar-refractivity contribution in [2.24, 2.45) is 0 Å². The highest BCUT2D eigenvalue weighted by Crippen LogP contribution is 2.28. The molecule has 0 fully saturated rings. The Balaban J connectivity index is 2.00. The molecule has 3 rings (SSSR count). The van der Waals surface area contributed by atoms with Crippen molar-refractivity contribution < 1.29 is 0 Å². The molecule has 7 heteroatoms. The lowest BCUT2D eigenvalue weighted by Crippen LogP contribution is -2.13. The van der Waals surface area contributed by atoms with Gasteiger partial charge in [0.25, 0.3) is 0 Å². The minimum absolute atomic E-state index is 0.216. The maximum atomic E-state index is 6.32. The first-order valence-electron chi connectivity index (χ1n) is 7.80. The molecule has 2 N–H and O–H groups in total. The number of halogens is 2. The summed E-state index contributed by atoms with van der Waals surface area (Å²) < 4.78 is 1.08. The molecule has 0 spiro atoms. The number of aromatic nitrogens is 3. The lowest BCUT2D eigenvalue weighted by molar-refractivity contribution is 0.875. The van der Waals surface area contributed by atoms with E-state index in [0.29, 0.717) is 16.8 Å². The number of nitrogens with zero attached hydrogens (tertiary/aromatic N) is 3. The molecule has 1 aromatic carbocycles. The second-order valence-corrected chi connectivity index (χ2v) is 7.38. The lowest BCUT2D eigenvalue weighted by atomic mass is 10.2. The van der Waals surface area contributed by atoms with Crippen LogP contribution in [0.1, 0.15) is 13.8 Å².